The first kappa shape index (κ1) is 13.0. The molecule has 2 aliphatic rings. The normalized spacial score (nSPS) is 18.3. The number of fused-ring (bicyclic) bond motifs is 1. The summed E-state index contributed by atoms with van der Waals surface area (Å²) >= 11 is 1.44. The van der Waals surface area contributed by atoms with E-state index in [1.54, 1.807) is 5.51 Å². The highest BCUT2D eigenvalue weighted by Crippen LogP contribution is 2.49. The van der Waals surface area contributed by atoms with Crippen LogP contribution in [0.1, 0.15) is 25.7 Å². The lowest BCUT2D eigenvalue weighted by Gasteiger charge is -2.17. The Bertz CT molecular complexity index is 679. The summed E-state index contributed by atoms with van der Waals surface area (Å²) in [6.45, 7) is 0.853. The molecular formula is C15H17N3O2S. The third-order valence-corrected chi connectivity index (χ3v) is 5.44. The molecule has 5 nitrogen and oxygen atoms in total. The minimum absolute atomic E-state index is 0.124. The number of hydrogen-bond donors (Lipinski definition) is 1. The number of benzene rings is 1. The Kier molecular flexibility index (Phi) is 3.06. The van der Waals surface area contributed by atoms with E-state index in [1.807, 2.05) is 12.1 Å². The van der Waals surface area contributed by atoms with Crippen molar-refractivity contribution in [1.82, 2.24) is 4.98 Å². The van der Waals surface area contributed by atoms with Crippen molar-refractivity contribution in [2.24, 2.45) is 17.8 Å². The highest BCUT2D eigenvalue weighted by molar-refractivity contribution is 7.16. The number of nitrogens with one attached hydrogen (secondary N) is 1. The van der Waals surface area contributed by atoms with Crippen molar-refractivity contribution >= 4 is 32.9 Å². The summed E-state index contributed by atoms with van der Waals surface area (Å²) < 4.78 is 0.869. The summed E-state index contributed by atoms with van der Waals surface area (Å²) in [7, 11) is 0. The molecule has 6 heteroatoms. The van der Waals surface area contributed by atoms with Crippen molar-refractivity contribution in [3.05, 3.63) is 27.8 Å². The van der Waals surface area contributed by atoms with Gasteiger partial charge in [-0.15, -0.1) is 11.3 Å². The van der Waals surface area contributed by atoms with Gasteiger partial charge in [-0.25, -0.2) is 4.98 Å². The lowest BCUT2D eigenvalue weighted by atomic mass is 9.98. The van der Waals surface area contributed by atoms with Gasteiger partial charge in [0.15, 0.2) is 5.52 Å². The Hall–Kier alpha value is -1.69. The van der Waals surface area contributed by atoms with Crippen molar-refractivity contribution in [2.75, 3.05) is 11.9 Å². The van der Waals surface area contributed by atoms with Crippen LogP contribution in [0.5, 0.6) is 0 Å². The molecule has 2 aromatic rings. The Balaban J connectivity index is 1.60. The molecule has 0 saturated heterocycles. The lowest BCUT2D eigenvalue weighted by molar-refractivity contribution is -0.382. The third-order valence-electron chi connectivity index (χ3n) is 4.64. The average Bonchev–Trinajstić information content (AvgIpc) is 3.38. The number of anilines is 1. The number of nitro groups is 1. The fraction of sp³-hybridized carbons (Fsp3) is 0.533. The van der Waals surface area contributed by atoms with Gasteiger partial charge in [-0.2, -0.15) is 0 Å². The molecule has 2 aliphatic carbocycles. The molecule has 1 aromatic carbocycles. The van der Waals surface area contributed by atoms with Crippen molar-refractivity contribution in [3.63, 3.8) is 0 Å². The molecule has 4 rings (SSSR count). The lowest BCUT2D eigenvalue weighted by Crippen LogP contribution is -2.18. The van der Waals surface area contributed by atoms with Gasteiger partial charge in [0.25, 0.3) is 0 Å². The summed E-state index contributed by atoms with van der Waals surface area (Å²) in [6, 6.07) is 3.75. The SMILES string of the molecule is O=[N+]([O-])c1c(NCC(C2CC2)C2CC2)ccc2scnc12. The van der Waals surface area contributed by atoms with Gasteiger partial charge in [-0.05, 0) is 55.6 Å². The molecule has 0 aliphatic heterocycles. The number of aromatic nitrogens is 1. The van der Waals surface area contributed by atoms with Crippen LogP contribution in [0, 0.1) is 27.9 Å². The molecule has 1 heterocycles. The molecule has 0 unspecified atom stereocenters. The number of nitrogens with zero attached hydrogens (tertiary/aromatic N) is 2. The molecule has 0 spiro atoms. The van der Waals surface area contributed by atoms with Gasteiger partial charge in [-0.1, -0.05) is 0 Å². The molecule has 0 atom stereocenters. The van der Waals surface area contributed by atoms with Crippen LogP contribution < -0.4 is 5.32 Å². The summed E-state index contributed by atoms with van der Waals surface area (Å²) in [5, 5.41) is 14.7. The third kappa shape index (κ3) is 2.48. The number of nitro benzene ring substituents is 1. The zero-order valence-corrected chi connectivity index (χ0v) is 12.4. The van der Waals surface area contributed by atoms with E-state index < -0.39 is 0 Å². The van der Waals surface area contributed by atoms with Crippen LogP contribution in [0.4, 0.5) is 11.4 Å². The molecule has 1 aromatic heterocycles. The molecule has 0 bridgehead atoms. The fourth-order valence-electron chi connectivity index (χ4n) is 3.24. The van der Waals surface area contributed by atoms with E-state index in [1.165, 1.54) is 37.0 Å². The second kappa shape index (κ2) is 4.94. The van der Waals surface area contributed by atoms with E-state index in [2.05, 4.69) is 10.3 Å². The zero-order valence-electron chi connectivity index (χ0n) is 11.6. The van der Waals surface area contributed by atoms with Gasteiger partial charge in [0.05, 0.1) is 15.1 Å². The Morgan fingerprint density at radius 2 is 2.05 bits per heavy atom. The number of thiazole rings is 1. The Labute approximate surface area is 126 Å². The zero-order chi connectivity index (χ0) is 14.4. The van der Waals surface area contributed by atoms with Crippen LogP contribution in [-0.2, 0) is 0 Å². The first-order chi connectivity index (χ1) is 10.2. The monoisotopic (exact) mass is 303 g/mol. The van der Waals surface area contributed by atoms with Crippen molar-refractivity contribution in [3.8, 4) is 0 Å². The summed E-state index contributed by atoms with van der Waals surface area (Å²) in [6.07, 6.45) is 5.32. The van der Waals surface area contributed by atoms with Gasteiger partial charge < -0.3 is 5.32 Å². The van der Waals surface area contributed by atoms with E-state index in [9.17, 15) is 10.1 Å². The smallest absolute Gasteiger partial charge is 0.319 e. The predicted molar refractivity (Wildman–Crippen MR) is 83.7 cm³/mol. The summed E-state index contributed by atoms with van der Waals surface area (Å²) in [5.41, 5.74) is 2.91. The van der Waals surface area contributed by atoms with Crippen LogP contribution in [-0.4, -0.2) is 16.5 Å². The largest absolute Gasteiger partial charge is 0.379 e. The molecule has 2 saturated carbocycles. The van der Waals surface area contributed by atoms with Crippen LogP contribution in [0.25, 0.3) is 10.2 Å². The highest BCUT2D eigenvalue weighted by Gasteiger charge is 2.41. The van der Waals surface area contributed by atoms with Crippen molar-refractivity contribution in [1.29, 1.82) is 0 Å². The summed E-state index contributed by atoms with van der Waals surface area (Å²) in [4.78, 5) is 15.2. The van der Waals surface area contributed by atoms with E-state index in [0.717, 1.165) is 23.1 Å². The maximum absolute atomic E-state index is 11.4. The Morgan fingerprint density at radius 1 is 1.33 bits per heavy atom. The summed E-state index contributed by atoms with van der Waals surface area (Å²) in [5.74, 6) is 2.37. The minimum atomic E-state index is -0.312. The quantitative estimate of drug-likeness (QED) is 0.645. The van der Waals surface area contributed by atoms with Gasteiger partial charge in [0, 0.05) is 6.54 Å². The molecule has 21 heavy (non-hydrogen) atoms. The van der Waals surface area contributed by atoms with E-state index in [4.69, 9.17) is 0 Å². The van der Waals surface area contributed by atoms with Gasteiger partial charge in [-0.3, -0.25) is 10.1 Å². The van der Waals surface area contributed by atoms with Crippen LogP contribution in [0.2, 0.25) is 0 Å². The molecular weight excluding hydrogens is 286 g/mol. The number of hydrogen-bond acceptors (Lipinski definition) is 5. The predicted octanol–water partition coefficient (Wildman–Crippen LogP) is 4.05. The van der Waals surface area contributed by atoms with E-state index in [0.29, 0.717) is 17.1 Å². The van der Waals surface area contributed by atoms with Crippen molar-refractivity contribution < 1.29 is 4.92 Å². The maximum atomic E-state index is 11.4. The van der Waals surface area contributed by atoms with Crippen LogP contribution in [0.3, 0.4) is 0 Å². The van der Waals surface area contributed by atoms with E-state index in [-0.39, 0.29) is 10.6 Å². The first-order valence-electron chi connectivity index (χ1n) is 7.48. The first-order valence-corrected chi connectivity index (χ1v) is 8.36. The number of rotatable bonds is 6. The average molecular weight is 303 g/mol. The highest BCUT2D eigenvalue weighted by atomic mass is 32.1. The minimum Gasteiger partial charge on any atom is -0.379 e. The maximum Gasteiger partial charge on any atom is 0.319 e. The van der Waals surface area contributed by atoms with Gasteiger partial charge in [0.1, 0.15) is 5.69 Å². The van der Waals surface area contributed by atoms with Crippen LogP contribution >= 0.6 is 11.3 Å². The molecule has 2 fully saturated rings. The second-order valence-electron chi connectivity index (χ2n) is 6.14. The molecule has 0 amide bonds. The van der Waals surface area contributed by atoms with Crippen LogP contribution in [0.15, 0.2) is 17.6 Å². The molecule has 0 radical (unpaired) electrons. The van der Waals surface area contributed by atoms with Crippen molar-refractivity contribution in [2.45, 2.75) is 25.7 Å². The van der Waals surface area contributed by atoms with E-state index >= 15 is 0 Å². The standard InChI is InChI=1S/C15H17N3O2S/c19-18(20)15-12(5-6-13-14(15)17-8-21-13)16-7-11(9-1-2-9)10-3-4-10/h5-6,8-11,16H,1-4,7H2. The fourth-order valence-corrected chi connectivity index (χ4v) is 3.92. The molecule has 110 valence electrons. The Morgan fingerprint density at radius 3 is 2.67 bits per heavy atom. The van der Waals surface area contributed by atoms with Gasteiger partial charge in [0.2, 0.25) is 0 Å². The topological polar surface area (TPSA) is 68.1 Å². The molecule has 1 N–H and O–H groups in total. The second-order valence-corrected chi connectivity index (χ2v) is 7.02. The van der Waals surface area contributed by atoms with Gasteiger partial charge >= 0.3 is 5.69 Å².